The van der Waals surface area contributed by atoms with E-state index in [4.69, 9.17) is 0 Å². The summed E-state index contributed by atoms with van der Waals surface area (Å²) in [7, 11) is -3.27. The van der Waals surface area contributed by atoms with E-state index < -0.39 is 9.84 Å². The van der Waals surface area contributed by atoms with Crippen molar-refractivity contribution in [1.82, 2.24) is 4.98 Å². The van der Waals surface area contributed by atoms with Crippen molar-refractivity contribution >= 4 is 36.5 Å². The van der Waals surface area contributed by atoms with Crippen LogP contribution >= 0.6 is 11.3 Å². The number of nitrogens with zero attached hydrogens (tertiary/aromatic N) is 2. The zero-order chi connectivity index (χ0) is 14.3. The van der Waals surface area contributed by atoms with E-state index >= 15 is 0 Å². The number of thiazole rings is 1. The zero-order valence-electron chi connectivity index (χ0n) is 11.1. The second kappa shape index (κ2) is 4.98. The number of aliphatic hydroxyl groups excluding tert-OH is 1. The van der Waals surface area contributed by atoms with Gasteiger partial charge in [-0.25, -0.2) is 13.4 Å². The highest BCUT2D eigenvalue weighted by molar-refractivity contribution is 7.91. The van der Waals surface area contributed by atoms with Crippen LogP contribution in [0.3, 0.4) is 0 Å². The van der Waals surface area contributed by atoms with Crippen molar-refractivity contribution in [1.29, 1.82) is 0 Å². The third kappa shape index (κ3) is 2.53. The summed E-state index contributed by atoms with van der Waals surface area (Å²) in [6.07, 6.45) is 2.44. The summed E-state index contributed by atoms with van der Waals surface area (Å²) in [5.74, 6) is 0. The molecule has 3 rings (SSSR count). The van der Waals surface area contributed by atoms with Gasteiger partial charge in [0.15, 0.2) is 15.0 Å². The monoisotopic (exact) mass is 312 g/mol. The van der Waals surface area contributed by atoms with Gasteiger partial charge in [0.2, 0.25) is 0 Å². The summed E-state index contributed by atoms with van der Waals surface area (Å²) in [5.41, 5.74) is 0.557. The molecule has 2 aromatic rings. The first-order valence-electron chi connectivity index (χ1n) is 6.48. The molecule has 1 aromatic heterocycles. The lowest BCUT2D eigenvalue weighted by Gasteiger charge is -2.28. The quantitative estimate of drug-likeness (QED) is 0.913. The van der Waals surface area contributed by atoms with Crippen molar-refractivity contribution in [2.24, 2.45) is 0 Å². The number of sulfone groups is 1. The third-order valence-electron chi connectivity index (χ3n) is 3.51. The zero-order valence-corrected chi connectivity index (χ0v) is 12.7. The fourth-order valence-corrected chi connectivity index (χ4v) is 4.34. The van der Waals surface area contributed by atoms with Crippen molar-refractivity contribution in [2.45, 2.75) is 23.8 Å². The minimum atomic E-state index is -3.27. The average Bonchev–Trinajstić information content (AvgIpc) is 2.81. The fourth-order valence-electron chi connectivity index (χ4n) is 2.40. The maximum absolute atomic E-state index is 11.8. The number of aromatic nitrogens is 1. The molecule has 0 bridgehead atoms. The number of piperidine rings is 1. The van der Waals surface area contributed by atoms with Crippen molar-refractivity contribution in [3.63, 3.8) is 0 Å². The minimum Gasteiger partial charge on any atom is -0.393 e. The highest BCUT2D eigenvalue weighted by atomic mass is 32.2. The van der Waals surface area contributed by atoms with Gasteiger partial charge >= 0.3 is 0 Å². The van der Waals surface area contributed by atoms with Gasteiger partial charge in [0.1, 0.15) is 5.52 Å². The molecule has 1 N–H and O–H groups in total. The molecule has 1 aliphatic rings. The first-order chi connectivity index (χ1) is 9.45. The molecule has 0 spiro atoms. The van der Waals surface area contributed by atoms with Crippen molar-refractivity contribution in [3.8, 4) is 0 Å². The van der Waals surface area contributed by atoms with Crippen LogP contribution in [0.5, 0.6) is 0 Å². The van der Waals surface area contributed by atoms with E-state index in [0.29, 0.717) is 5.52 Å². The number of anilines is 1. The van der Waals surface area contributed by atoms with Crippen LogP contribution in [0.25, 0.3) is 10.2 Å². The van der Waals surface area contributed by atoms with E-state index in [2.05, 4.69) is 9.88 Å². The average molecular weight is 312 g/mol. The Labute approximate surface area is 121 Å². The van der Waals surface area contributed by atoms with Crippen LogP contribution < -0.4 is 4.90 Å². The molecular weight excluding hydrogens is 296 g/mol. The molecule has 7 heteroatoms. The van der Waals surface area contributed by atoms with Crippen LogP contribution in [0.1, 0.15) is 12.8 Å². The molecule has 1 aliphatic heterocycles. The molecule has 0 atom stereocenters. The molecule has 0 saturated carbocycles. The largest absolute Gasteiger partial charge is 0.393 e. The molecule has 1 aromatic carbocycles. The molecule has 20 heavy (non-hydrogen) atoms. The second-order valence-electron chi connectivity index (χ2n) is 5.09. The van der Waals surface area contributed by atoms with Crippen LogP contribution in [0, 0.1) is 0 Å². The van der Waals surface area contributed by atoms with Crippen LogP contribution in [0.15, 0.2) is 23.1 Å². The Morgan fingerprint density at radius 1 is 1.35 bits per heavy atom. The van der Waals surface area contributed by atoms with Crippen molar-refractivity contribution in [2.75, 3.05) is 24.2 Å². The molecule has 0 unspecified atom stereocenters. The molecule has 2 heterocycles. The topological polar surface area (TPSA) is 70.5 Å². The molecule has 0 amide bonds. The van der Waals surface area contributed by atoms with E-state index in [1.807, 2.05) is 6.07 Å². The first-order valence-corrected chi connectivity index (χ1v) is 9.18. The third-order valence-corrected chi connectivity index (χ3v) is 5.71. The van der Waals surface area contributed by atoms with E-state index in [1.54, 1.807) is 12.1 Å². The molecular formula is C13H16N2O3S2. The summed E-state index contributed by atoms with van der Waals surface area (Å²) in [6, 6.07) is 5.24. The molecule has 1 saturated heterocycles. The minimum absolute atomic E-state index is 0.229. The smallest absolute Gasteiger partial charge is 0.186 e. The van der Waals surface area contributed by atoms with Gasteiger partial charge in [-0.2, -0.15) is 0 Å². The Kier molecular flexibility index (Phi) is 3.43. The number of hydrogen-bond acceptors (Lipinski definition) is 6. The van der Waals surface area contributed by atoms with E-state index in [-0.39, 0.29) is 11.0 Å². The van der Waals surface area contributed by atoms with Gasteiger partial charge in [-0.1, -0.05) is 17.4 Å². The van der Waals surface area contributed by atoms with Gasteiger partial charge in [0.25, 0.3) is 0 Å². The first kappa shape index (κ1) is 13.8. The predicted molar refractivity (Wildman–Crippen MR) is 80.2 cm³/mol. The molecule has 0 radical (unpaired) electrons. The van der Waals surface area contributed by atoms with Gasteiger partial charge in [0.05, 0.1) is 15.7 Å². The Morgan fingerprint density at radius 3 is 2.70 bits per heavy atom. The van der Waals surface area contributed by atoms with Gasteiger partial charge in [-0.3, -0.25) is 0 Å². The predicted octanol–water partition coefficient (Wildman–Crippen LogP) is 1.66. The molecule has 5 nitrogen and oxygen atoms in total. The fraction of sp³-hybridized carbons (Fsp3) is 0.462. The maximum atomic E-state index is 11.8. The Morgan fingerprint density at radius 2 is 2.05 bits per heavy atom. The summed E-state index contributed by atoms with van der Waals surface area (Å²) in [4.78, 5) is 6.91. The van der Waals surface area contributed by atoms with Gasteiger partial charge in [-0.15, -0.1) is 0 Å². The lowest BCUT2D eigenvalue weighted by molar-refractivity contribution is 0.145. The number of rotatable bonds is 2. The van der Waals surface area contributed by atoms with Crippen LogP contribution in [-0.2, 0) is 9.84 Å². The molecule has 0 aliphatic carbocycles. The number of fused-ring (bicyclic) bond motifs is 1. The Hall–Kier alpha value is -1.18. The summed E-state index contributed by atoms with van der Waals surface area (Å²) in [6.45, 7) is 1.52. The van der Waals surface area contributed by atoms with Crippen LogP contribution in [-0.4, -0.2) is 44.0 Å². The summed E-state index contributed by atoms with van der Waals surface area (Å²) >= 11 is 1.50. The van der Waals surface area contributed by atoms with E-state index in [1.165, 1.54) is 17.6 Å². The van der Waals surface area contributed by atoms with E-state index in [9.17, 15) is 13.5 Å². The lowest BCUT2D eigenvalue weighted by Crippen LogP contribution is -2.35. The lowest BCUT2D eigenvalue weighted by atomic mass is 10.1. The second-order valence-corrected chi connectivity index (χ2v) is 8.08. The van der Waals surface area contributed by atoms with Crippen LogP contribution in [0.4, 0.5) is 5.13 Å². The molecule has 108 valence electrons. The highest BCUT2D eigenvalue weighted by Crippen LogP contribution is 2.33. The number of hydrogen-bond donors (Lipinski definition) is 1. The number of benzene rings is 1. The van der Waals surface area contributed by atoms with Gasteiger partial charge in [-0.05, 0) is 25.0 Å². The van der Waals surface area contributed by atoms with Crippen molar-refractivity contribution in [3.05, 3.63) is 18.2 Å². The van der Waals surface area contributed by atoms with E-state index in [0.717, 1.165) is 35.8 Å². The summed E-state index contributed by atoms with van der Waals surface area (Å²) in [5, 5.41) is 10.4. The highest BCUT2D eigenvalue weighted by Gasteiger charge is 2.22. The number of para-hydroxylation sites is 1. The Balaban J connectivity index is 2.03. The normalized spacial score (nSPS) is 17.8. The van der Waals surface area contributed by atoms with Gasteiger partial charge in [0, 0.05) is 19.3 Å². The van der Waals surface area contributed by atoms with Gasteiger partial charge < -0.3 is 10.0 Å². The SMILES string of the molecule is CS(=O)(=O)c1cccc2sc(N3CCC(O)CC3)nc12. The maximum Gasteiger partial charge on any atom is 0.186 e. The van der Waals surface area contributed by atoms with Crippen LogP contribution in [0.2, 0.25) is 0 Å². The molecule has 1 fully saturated rings. The van der Waals surface area contributed by atoms with Crippen molar-refractivity contribution < 1.29 is 13.5 Å². The summed E-state index contributed by atoms with van der Waals surface area (Å²) < 4.78 is 24.5. The standard InChI is InChI=1S/C13H16N2O3S2/c1-20(17,18)11-4-2-3-10-12(11)14-13(19-10)15-7-5-9(16)6-8-15/h2-4,9,16H,5-8H2,1H3. The number of aliphatic hydroxyl groups is 1. The Bertz CT molecular complexity index is 731.